The van der Waals surface area contributed by atoms with Crippen molar-refractivity contribution in [1.29, 1.82) is 0 Å². The number of aliphatic imine (C=N–C) groups is 1. The van der Waals surface area contributed by atoms with Crippen molar-refractivity contribution in [2.24, 2.45) is 4.99 Å². The second kappa shape index (κ2) is 7.59. The van der Waals surface area contributed by atoms with Gasteiger partial charge in [-0.05, 0) is 62.6 Å². The number of hydrogen-bond donors (Lipinski definition) is 2. The highest BCUT2D eigenvalue weighted by atomic mass is 79.9. The summed E-state index contributed by atoms with van der Waals surface area (Å²) in [7, 11) is 0. The maximum Gasteiger partial charge on any atom is 0.335 e. The third kappa shape index (κ3) is 3.71. The Bertz CT molecular complexity index is 1200. The van der Waals surface area contributed by atoms with Crippen LogP contribution in [0.4, 0.5) is 5.69 Å². The first-order valence-corrected chi connectivity index (χ1v) is 9.45. The van der Waals surface area contributed by atoms with E-state index in [1.165, 1.54) is 6.21 Å². The zero-order valence-corrected chi connectivity index (χ0v) is 17.6. The summed E-state index contributed by atoms with van der Waals surface area (Å²) in [5.41, 5.74) is 3.35. The van der Waals surface area contributed by atoms with Crippen LogP contribution < -0.4 is 11.2 Å². The van der Waals surface area contributed by atoms with Gasteiger partial charge in [-0.25, -0.2) is 9.36 Å². The van der Waals surface area contributed by atoms with Gasteiger partial charge in [0.2, 0.25) is 5.88 Å². The minimum Gasteiger partial charge on any atom is -0.493 e. The lowest BCUT2D eigenvalue weighted by Gasteiger charge is -2.15. The maximum absolute atomic E-state index is 12.5. The highest BCUT2D eigenvalue weighted by molar-refractivity contribution is 9.10. The molecule has 0 atom stereocenters. The molecule has 2 N–H and O–H groups in total. The van der Waals surface area contributed by atoms with Crippen molar-refractivity contribution in [2.45, 2.75) is 27.7 Å². The predicted octanol–water partition coefficient (Wildman–Crippen LogP) is 3.98. The van der Waals surface area contributed by atoms with Crippen LogP contribution in [0.1, 0.15) is 27.8 Å². The molecule has 28 heavy (non-hydrogen) atoms. The van der Waals surface area contributed by atoms with Gasteiger partial charge in [0.15, 0.2) is 0 Å². The van der Waals surface area contributed by atoms with E-state index in [2.05, 4.69) is 25.9 Å². The fourth-order valence-corrected chi connectivity index (χ4v) is 3.48. The second-order valence-corrected chi connectivity index (χ2v) is 7.63. The van der Waals surface area contributed by atoms with Gasteiger partial charge in [-0.3, -0.25) is 14.8 Å². The molecule has 1 heterocycles. The molecule has 1 aromatic heterocycles. The Morgan fingerprint density at radius 1 is 1.04 bits per heavy atom. The van der Waals surface area contributed by atoms with Crippen molar-refractivity contribution in [2.75, 3.05) is 0 Å². The van der Waals surface area contributed by atoms with Crippen molar-refractivity contribution < 1.29 is 5.11 Å². The standard InChI is InChI=1S/C21H20BrN3O3/c1-11-7-13(3)18(14(4)8-11)25-20(27)16(19(26)24-21(25)28)10-23-15-5-6-17(22)12(2)9-15/h5-10,27H,1-4H3,(H,24,26,28). The number of aromatic amines is 1. The molecule has 0 spiro atoms. The molecule has 0 aliphatic carbocycles. The zero-order valence-electron chi connectivity index (χ0n) is 16.0. The summed E-state index contributed by atoms with van der Waals surface area (Å²) in [5, 5.41) is 10.7. The Labute approximate surface area is 170 Å². The minimum atomic E-state index is -0.700. The molecule has 144 valence electrons. The third-order valence-corrected chi connectivity index (χ3v) is 5.35. The first-order valence-electron chi connectivity index (χ1n) is 8.65. The summed E-state index contributed by atoms with van der Waals surface area (Å²) in [4.78, 5) is 31.3. The van der Waals surface area contributed by atoms with E-state index >= 15 is 0 Å². The summed E-state index contributed by atoms with van der Waals surface area (Å²) >= 11 is 3.43. The van der Waals surface area contributed by atoms with Gasteiger partial charge in [0.05, 0.1) is 11.4 Å². The average Bonchev–Trinajstić information content (AvgIpc) is 2.59. The third-order valence-electron chi connectivity index (χ3n) is 4.46. The summed E-state index contributed by atoms with van der Waals surface area (Å²) in [6, 6.07) is 9.31. The van der Waals surface area contributed by atoms with E-state index in [0.29, 0.717) is 11.4 Å². The smallest absolute Gasteiger partial charge is 0.335 e. The number of benzene rings is 2. The van der Waals surface area contributed by atoms with Crippen molar-refractivity contribution >= 4 is 27.8 Å². The molecule has 0 aliphatic rings. The largest absolute Gasteiger partial charge is 0.493 e. The van der Waals surface area contributed by atoms with Crippen LogP contribution in [0, 0.1) is 27.7 Å². The summed E-state index contributed by atoms with van der Waals surface area (Å²) in [6.07, 6.45) is 1.27. The van der Waals surface area contributed by atoms with Gasteiger partial charge >= 0.3 is 5.69 Å². The number of aromatic nitrogens is 2. The van der Waals surface area contributed by atoms with Crippen LogP contribution in [0.3, 0.4) is 0 Å². The molecule has 7 heteroatoms. The highest BCUT2D eigenvalue weighted by Gasteiger charge is 2.17. The van der Waals surface area contributed by atoms with Crippen LogP contribution in [0.5, 0.6) is 5.88 Å². The van der Waals surface area contributed by atoms with Crippen LogP contribution in [0.2, 0.25) is 0 Å². The van der Waals surface area contributed by atoms with Gasteiger partial charge in [-0.2, -0.15) is 0 Å². The lowest BCUT2D eigenvalue weighted by Crippen LogP contribution is -2.32. The van der Waals surface area contributed by atoms with Crippen molar-refractivity contribution in [1.82, 2.24) is 9.55 Å². The maximum atomic E-state index is 12.5. The Balaban J connectivity index is 2.19. The van der Waals surface area contributed by atoms with E-state index < -0.39 is 17.1 Å². The Morgan fingerprint density at radius 2 is 1.68 bits per heavy atom. The number of nitrogens with one attached hydrogen (secondary N) is 1. The molecule has 0 aliphatic heterocycles. The number of hydrogen-bond acceptors (Lipinski definition) is 4. The van der Waals surface area contributed by atoms with Gasteiger partial charge in [0, 0.05) is 10.7 Å². The molecule has 0 unspecified atom stereocenters. The van der Waals surface area contributed by atoms with Crippen LogP contribution in [-0.4, -0.2) is 20.9 Å². The fraction of sp³-hybridized carbons (Fsp3) is 0.190. The Morgan fingerprint density at radius 3 is 2.29 bits per heavy atom. The molecule has 6 nitrogen and oxygen atoms in total. The summed E-state index contributed by atoms with van der Waals surface area (Å²) in [5.74, 6) is -0.443. The van der Waals surface area contributed by atoms with Crippen LogP contribution in [0.25, 0.3) is 5.69 Å². The van der Waals surface area contributed by atoms with E-state index in [9.17, 15) is 14.7 Å². The molecule has 0 saturated carbocycles. The highest BCUT2D eigenvalue weighted by Crippen LogP contribution is 2.25. The van der Waals surface area contributed by atoms with Gasteiger partial charge in [0.25, 0.3) is 5.56 Å². The number of H-pyrrole nitrogens is 1. The molecule has 0 fully saturated rings. The van der Waals surface area contributed by atoms with Crippen molar-refractivity contribution in [3.05, 3.63) is 83.5 Å². The van der Waals surface area contributed by atoms with E-state index in [1.54, 1.807) is 6.07 Å². The summed E-state index contributed by atoms with van der Waals surface area (Å²) in [6.45, 7) is 7.59. The lowest BCUT2D eigenvalue weighted by atomic mass is 10.0. The predicted molar refractivity (Wildman–Crippen MR) is 115 cm³/mol. The quantitative estimate of drug-likeness (QED) is 0.602. The number of aromatic hydroxyl groups is 1. The molecule has 0 radical (unpaired) electrons. The lowest BCUT2D eigenvalue weighted by molar-refractivity contribution is 0.429. The van der Waals surface area contributed by atoms with Gasteiger partial charge in [-0.1, -0.05) is 33.6 Å². The Kier molecular flexibility index (Phi) is 5.38. The minimum absolute atomic E-state index is 0.0838. The van der Waals surface area contributed by atoms with E-state index in [-0.39, 0.29) is 5.56 Å². The van der Waals surface area contributed by atoms with Crippen molar-refractivity contribution in [3.63, 3.8) is 0 Å². The topological polar surface area (TPSA) is 87.4 Å². The van der Waals surface area contributed by atoms with Gasteiger partial charge in [-0.15, -0.1) is 0 Å². The Hall–Kier alpha value is -2.93. The number of rotatable bonds is 3. The van der Waals surface area contributed by atoms with E-state index in [4.69, 9.17) is 0 Å². The monoisotopic (exact) mass is 441 g/mol. The average molecular weight is 442 g/mol. The van der Waals surface area contributed by atoms with Crippen LogP contribution in [0.15, 0.2) is 49.4 Å². The molecular weight excluding hydrogens is 422 g/mol. The number of nitrogens with zero attached hydrogens (tertiary/aromatic N) is 2. The number of halogens is 1. The number of aryl methyl sites for hydroxylation is 4. The van der Waals surface area contributed by atoms with Crippen LogP contribution in [-0.2, 0) is 0 Å². The van der Waals surface area contributed by atoms with E-state index in [1.807, 2.05) is 52.0 Å². The molecule has 2 aromatic carbocycles. The molecule has 0 bridgehead atoms. The first-order chi connectivity index (χ1) is 13.2. The molecule has 3 aromatic rings. The zero-order chi connectivity index (χ0) is 20.6. The van der Waals surface area contributed by atoms with Crippen molar-refractivity contribution in [3.8, 4) is 11.6 Å². The normalized spacial score (nSPS) is 11.3. The molecule has 0 saturated heterocycles. The molecule has 0 amide bonds. The second-order valence-electron chi connectivity index (χ2n) is 6.77. The van der Waals surface area contributed by atoms with E-state index in [0.717, 1.165) is 31.3 Å². The fourth-order valence-electron chi connectivity index (χ4n) is 3.24. The molecule has 3 rings (SSSR count). The first kappa shape index (κ1) is 19.8. The van der Waals surface area contributed by atoms with Gasteiger partial charge < -0.3 is 5.11 Å². The summed E-state index contributed by atoms with van der Waals surface area (Å²) < 4.78 is 2.06. The van der Waals surface area contributed by atoms with Gasteiger partial charge in [0.1, 0.15) is 5.56 Å². The SMILES string of the molecule is Cc1cc(C)c(-n2c(O)c(C=Nc3ccc(Br)c(C)c3)c(=O)[nH]c2=O)c(C)c1. The van der Waals surface area contributed by atoms with Crippen LogP contribution >= 0.6 is 15.9 Å². The molecular formula is C21H20BrN3O3.